The smallest absolute Gasteiger partial charge is 0.234 e. The van der Waals surface area contributed by atoms with Gasteiger partial charge in [-0.1, -0.05) is 42.5 Å². The van der Waals surface area contributed by atoms with Crippen molar-refractivity contribution in [2.75, 3.05) is 11.1 Å². The van der Waals surface area contributed by atoms with E-state index in [-0.39, 0.29) is 18.2 Å². The van der Waals surface area contributed by atoms with Gasteiger partial charge in [-0.3, -0.25) is 9.59 Å². The summed E-state index contributed by atoms with van der Waals surface area (Å²) in [6.45, 7) is 0. The third-order valence-corrected chi connectivity index (χ3v) is 4.70. The third kappa shape index (κ3) is 4.84. The van der Waals surface area contributed by atoms with Crippen LogP contribution in [0.25, 0.3) is 10.8 Å². The highest BCUT2D eigenvalue weighted by Crippen LogP contribution is 2.23. The highest BCUT2D eigenvalue weighted by Gasteiger charge is 2.05. The van der Waals surface area contributed by atoms with Crippen LogP contribution in [0.15, 0.2) is 71.6 Å². The first kappa shape index (κ1) is 17.0. The van der Waals surface area contributed by atoms with E-state index in [4.69, 9.17) is 5.73 Å². The Balaban J connectivity index is 1.55. The first-order valence-electron chi connectivity index (χ1n) is 7.89. The molecule has 0 bridgehead atoms. The zero-order chi connectivity index (χ0) is 17.6. The summed E-state index contributed by atoms with van der Waals surface area (Å²) in [5.41, 5.74) is 6.70. The number of benzene rings is 3. The number of nitrogens with two attached hydrogens (primary N) is 1. The van der Waals surface area contributed by atoms with Crippen molar-refractivity contribution >= 4 is 40.0 Å². The number of thioether (sulfide) groups is 1. The van der Waals surface area contributed by atoms with E-state index < -0.39 is 0 Å². The maximum Gasteiger partial charge on any atom is 0.234 e. The molecule has 0 saturated heterocycles. The van der Waals surface area contributed by atoms with Gasteiger partial charge in [0.25, 0.3) is 0 Å². The van der Waals surface area contributed by atoms with Crippen molar-refractivity contribution in [1.82, 2.24) is 0 Å². The summed E-state index contributed by atoms with van der Waals surface area (Å²) in [6.07, 6.45) is 0.200. The number of nitrogens with one attached hydrogen (secondary N) is 1. The molecule has 3 N–H and O–H groups in total. The number of carbonyl (C=O) groups is 2. The minimum atomic E-state index is -0.372. The van der Waals surface area contributed by atoms with E-state index in [0.717, 1.165) is 15.8 Å². The van der Waals surface area contributed by atoms with Crippen LogP contribution in [-0.2, 0) is 16.0 Å². The van der Waals surface area contributed by atoms with E-state index in [2.05, 4.69) is 29.6 Å². The van der Waals surface area contributed by atoms with Gasteiger partial charge >= 0.3 is 0 Å². The third-order valence-electron chi connectivity index (χ3n) is 3.71. The average Bonchev–Trinajstić information content (AvgIpc) is 2.61. The van der Waals surface area contributed by atoms with Crippen LogP contribution in [0.2, 0.25) is 0 Å². The van der Waals surface area contributed by atoms with Crippen molar-refractivity contribution in [3.8, 4) is 0 Å². The molecule has 0 heterocycles. The normalized spacial score (nSPS) is 10.6. The summed E-state index contributed by atoms with van der Waals surface area (Å²) in [5, 5.41) is 5.21. The first-order chi connectivity index (χ1) is 12.1. The SMILES string of the molecule is NC(=O)Cc1ccc(NC(=O)CSc2ccc3ccccc3c2)cc1. The molecule has 3 aromatic rings. The Bertz CT molecular complexity index is 907. The fourth-order valence-corrected chi connectivity index (χ4v) is 3.25. The molecule has 0 spiro atoms. The Labute approximate surface area is 150 Å². The first-order valence-corrected chi connectivity index (χ1v) is 8.87. The van der Waals surface area contributed by atoms with Gasteiger partial charge in [-0.15, -0.1) is 11.8 Å². The Morgan fingerprint density at radius 3 is 2.36 bits per heavy atom. The van der Waals surface area contributed by atoms with Crippen LogP contribution in [0, 0.1) is 0 Å². The summed E-state index contributed by atoms with van der Waals surface area (Å²) in [6, 6.07) is 21.5. The van der Waals surface area contributed by atoms with Gasteiger partial charge in [-0.25, -0.2) is 0 Å². The van der Waals surface area contributed by atoms with Gasteiger partial charge < -0.3 is 11.1 Å². The molecular weight excluding hydrogens is 332 g/mol. The fraction of sp³-hybridized carbons (Fsp3) is 0.100. The zero-order valence-electron chi connectivity index (χ0n) is 13.6. The van der Waals surface area contributed by atoms with E-state index in [9.17, 15) is 9.59 Å². The summed E-state index contributed by atoms with van der Waals surface area (Å²) >= 11 is 1.50. The van der Waals surface area contributed by atoms with E-state index in [0.29, 0.717) is 11.4 Å². The van der Waals surface area contributed by atoms with Crippen LogP contribution in [0.3, 0.4) is 0 Å². The molecular formula is C20H18N2O2S. The predicted molar refractivity (Wildman–Crippen MR) is 103 cm³/mol. The fourth-order valence-electron chi connectivity index (χ4n) is 2.51. The van der Waals surface area contributed by atoms with Crippen LogP contribution < -0.4 is 11.1 Å². The van der Waals surface area contributed by atoms with Crippen LogP contribution in [0.5, 0.6) is 0 Å². The van der Waals surface area contributed by atoms with Gasteiger partial charge in [0.2, 0.25) is 11.8 Å². The molecule has 0 radical (unpaired) electrons. The van der Waals surface area contributed by atoms with Crippen LogP contribution >= 0.6 is 11.8 Å². The molecule has 0 aliphatic carbocycles. The van der Waals surface area contributed by atoms with Gasteiger partial charge in [0.15, 0.2) is 0 Å². The van der Waals surface area contributed by atoms with Gasteiger partial charge in [-0.05, 0) is 40.6 Å². The number of hydrogen-bond acceptors (Lipinski definition) is 3. The lowest BCUT2D eigenvalue weighted by Gasteiger charge is -2.07. The lowest BCUT2D eigenvalue weighted by molar-refractivity contribution is -0.117. The highest BCUT2D eigenvalue weighted by molar-refractivity contribution is 8.00. The van der Waals surface area contributed by atoms with Crippen LogP contribution in [0.1, 0.15) is 5.56 Å². The number of amides is 2. The zero-order valence-corrected chi connectivity index (χ0v) is 14.4. The molecule has 0 atom stereocenters. The quantitative estimate of drug-likeness (QED) is 0.667. The number of primary amides is 1. The maximum atomic E-state index is 12.1. The molecule has 3 aromatic carbocycles. The molecule has 3 rings (SSSR count). The second-order valence-electron chi connectivity index (χ2n) is 5.69. The highest BCUT2D eigenvalue weighted by atomic mass is 32.2. The lowest BCUT2D eigenvalue weighted by atomic mass is 10.1. The average molecular weight is 350 g/mol. The van der Waals surface area contributed by atoms with Crippen molar-refractivity contribution in [1.29, 1.82) is 0 Å². The van der Waals surface area contributed by atoms with E-state index in [1.165, 1.54) is 17.1 Å². The standard InChI is InChI=1S/C20H18N2O2S/c21-19(23)11-14-5-8-17(9-6-14)22-20(24)13-25-18-10-7-15-3-1-2-4-16(15)12-18/h1-10,12H,11,13H2,(H2,21,23)(H,22,24). The Morgan fingerprint density at radius 2 is 1.64 bits per heavy atom. The minimum Gasteiger partial charge on any atom is -0.369 e. The molecule has 0 aliphatic heterocycles. The van der Waals surface area contributed by atoms with E-state index in [1.807, 2.05) is 18.2 Å². The van der Waals surface area contributed by atoms with E-state index >= 15 is 0 Å². The van der Waals surface area contributed by atoms with E-state index in [1.54, 1.807) is 24.3 Å². The molecule has 0 aliphatic rings. The topological polar surface area (TPSA) is 72.2 Å². The molecule has 0 unspecified atom stereocenters. The number of fused-ring (bicyclic) bond motifs is 1. The molecule has 25 heavy (non-hydrogen) atoms. The number of hydrogen-bond donors (Lipinski definition) is 2. The van der Waals surface area contributed by atoms with Gasteiger partial charge in [0, 0.05) is 10.6 Å². The Morgan fingerprint density at radius 1 is 0.920 bits per heavy atom. The molecule has 126 valence electrons. The molecule has 0 aromatic heterocycles. The number of anilines is 1. The molecule has 5 heteroatoms. The summed E-state index contributed by atoms with van der Waals surface area (Å²) < 4.78 is 0. The van der Waals surface area contributed by atoms with Crippen molar-refractivity contribution in [2.24, 2.45) is 5.73 Å². The van der Waals surface area contributed by atoms with Gasteiger partial charge in [0.1, 0.15) is 0 Å². The molecule has 4 nitrogen and oxygen atoms in total. The van der Waals surface area contributed by atoms with Crippen molar-refractivity contribution in [2.45, 2.75) is 11.3 Å². The second kappa shape index (κ2) is 7.85. The Hall–Kier alpha value is -2.79. The van der Waals surface area contributed by atoms with Crippen LogP contribution in [-0.4, -0.2) is 17.6 Å². The molecule has 2 amide bonds. The molecule has 0 fully saturated rings. The lowest BCUT2D eigenvalue weighted by Crippen LogP contribution is -2.15. The largest absolute Gasteiger partial charge is 0.369 e. The van der Waals surface area contributed by atoms with Gasteiger partial charge in [-0.2, -0.15) is 0 Å². The second-order valence-corrected chi connectivity index (χ2v) is 6.73. The van der Waals surface area contributed by atoms with Gasteiger partial charge in [0.05, 0.1) is 12.2 Å². The van der Waals surface area contributed by atoms with Crippen molar-refractivity contribution in [3.63, 3.8) is 0 Å². The molecule has 0 saturated carbocycles. The number of carbonyl (C=O) groups excluding carboxylic acids is 2. The van der Waals surface area contributed by atoms with Crippen molar-refractivity contribution in [3.05, 3.63) is 72.3 Å². The number of rotatable bonds is 6. The summed E-state index contributed by atoms with van der Waals surface area (Å²) in [4.78, 5) is 24.0. The van der Waals surface area contributed by atoms with Crippen molar-refractivity contribution < 1.29 is 9.59 Å². The summed E-state index contributed by atoms with van der Waals surface area (Å²) in [5.74, 6) is -0.106. The Kier molecular flexibility index (Phi) is 5.36. The maximum absolute atomic E-state index is 12.1. The summed E-state index contributed by atoms with van der Waals surface area (Å²) in [7, 11) is 0. The van der Waals surface area contributed by atoms with Crippen LogP contribution in [0.4, 0.5) is 5.69 Å². The monoisotopic (exact) mass is 350 g/mol. The predicted octanol–water partition coefficient (Wildman–Crippen LogP) is 3.60. The minimum absolute atomic E-state index is 0.0687.